The van der Waals surface area contributed by atoms with Gasteiger partial charge in [-0.05, 0) is 76.2 Å². The van der Waals surface area contributed by atoms with E-state index in [2.05, 4.69) is 25.8 Å². The molecule has 0 fully saturated rings. The SMILES string of the molecule is CC(C)OC(=O)c1ccc(-c2ccc(/C=N\Nc3nncn3/N=C\c3ccc(-c4ccc(C(=O)OC(C)C)cc4)o3)o2)cc1. The molecule has 0 atom stereocenters. The first-order valence-electron chi connectivity index (χ1n) is 13.8. The highest BCUT2D eigenvalue weighted by atomic mass is 16.5. The van der Waals surface area contributed by atoms with Crippen molar-refractivity contribution in [1.29, 1.82) is 0 Å². The predicted molar refractivity (Wildman–Crippen MR) is 164 cm³/mol. The molecule has 0 saturated heterocycles. The predicted octanol–water partition coefficient (Wildman–Crippen LogP) is 6.26. The number of carbonyl (C=O) groups is 2. The molecular weight excluding hydrogens is 564 g/mol. The van der Waals surface area contributed by atoms with Crippen LogP contribution in [0.3, 0.4) is 0 Å². The molecule has 0 aliphatic carbocycles. The molecule has 224 valence electrons. The van der Waals surface area contributed by atoms with Gasteiger partial charge in [0.05, 0.1) is 35.8 Å². The van der Waals surface area contributed by atoms with Crippen LogP contribution in [-0.2, 0) is 9.47 Å². The van der Waals surface area contributed by atoms with Crippen molar-refractivity contribution in [2.45, 2.75) is 39.9 Å². The molecule has 3 heterocycles. The summed E-state index contributed by atoms with van der Waals surface area (Å²) in [6.07, 6.45) is 4.05. The smallest absolute Gasteiger partial charge is 0.338 e. The number of anilines is 1. The lowest BCUT2D eigenvalue weighted by Gasteiger charge is -2.07. The third kappa shape index (κ3) is 7.53. The first-order valence-corrected chi connectivity index (χ1v) is 13.8. The van der Waals surface area contributed by atoms with E-state index in [1.165, 1.54) is 23.4 Å². The average Bonchev–Trinajstić information content (AvgIpc) is 3.77. The third-order valence-corrected chi connectivity index (χ3v) is 5.95. The van der Waals surface area contributed by atoms with Crippen LogP contribution in [0.1, 0.15) is 59.9 Å². The lowest BCUT2D eigenvalue weighted by Crippen LogP contribution is -2.11. The Morgan fingerprint density at radius 2 is 1.25 bits per heavy atom. The highest BCUT2D eigenvalue weighted by molar-refractivity contribution is 5.90. The summed E-state index contributed by atoms with van der Waals surface area (Å²) in [7, 11) is 0. The summed E-state index contributed by atoms with van der Waals surface area (Å²) in [4.78, 5) is 24.1. The Balaban J connectivity index is 1.17. The van der Waals surface area contributed by atoms with Gasteiger partial charge in [-0.3, -0.25) is 0 Å². The van der Waals surface area contributed by atoms with Crippen LogP contribution in [0.15, 0.2) is 98.2 Å². The van der Waals surface area contributed by atoms with Crippen LogP contribution in [0.4, 0.5) is 5.95 Å². The number of aromatic nitrogens is 3. The first kappa shape index (κ1) is 29.7. The Morgan fingerprint density at radius 3 is 1.75 bits per heavy atom. The van der Waals surface area contributed by atoms with E-state index in [0.29, 0.717) is 34.2 Å². The number of esters is 2. The van der Waals surface area contributed by atoms with E-state index in [4.69, 9.17) is 18.3 Å². The van der Waals surface area contributed by atoms with Gasteiger partial charge in [-0.2, -0.15) is 14.9 Å². The van der Waals surface area contributed by atoms with Crippen LogP contribution in [0.5, 0.6) is 0 Å². The van der Waals surface area contributed by atoms with Crippen molar-refractivity contribution in [3.63, 3.8) is 0 Å². The van der Waals surface area contributed by atoms with E-state index < -0.39 is 0 Å². The van der Waals surface area contributed by atoms with Crippen LogP contribution in [-0.4, -0.2) is 51.4 Å². The molecular formula is C32H30N6O6. The van der Waals surface area contributed by atoms with Gasteiger partial charge in [0.25, 0.3) is 5.95 Å². The molecule has 12 heteroatoms. The second-order valence-corrected chi connectivity index (χ2v) is 10.1. The minimum atomic E-state index is -0.371. The fourth-order valence-corrected chi connectivity index (χ4v) is 3.92. The molecule has 0 spiro atoms. The Kier molecular flexibility index (Phi) is 9.09. The van der Waals surface area contributed by atoms with E-state index >= 15 is 0 Å². The topological polar surface area (TPSA) is 146 Å². The first-order chi connectivity index (χ1) is 21.2. The summed E-state index contributed by atoms with van der Waals surface area (Å²) in [6.45, 7) is 7.22. The van der Waals surface area contributed by atoms with Crippen molar-refractivity contribution in [1.82, 2.24) is 14.9 Å². The summed E-state index contributed by atoms with van der Waals surface area (Å²) in [5.41, 5.74) is 5.33. The zero-order valence-corrected chi connectivity index (χ0v) is 24.5. The Morgan fingerprint density at radius 1 is 0.750 bits per heavy atom. The van der Waals surface area contributed by atoms with Gasteiger partial charge in [0.2, 0.25) is 0 Å². The molecule has 0 aliphatic heterocycles. The van der Waals surface area contributed by atoms with Crippen LogP contribution in [0.25, 0.3) is 22.6 Å². The maximum absolute atomic E-state index is 12.1. The number of ether oxygens (including phenoxy) is 2. The van der Waals surface area contributed by atoms with E-state index in [0.717, 1.165) is 11.1 Å². The number of hydrogen-bond acceptors (Lipinski definition) is 11. The molecule has 1 N–H and O–H groups in total. The number of nitrogens with zero attached hydrogens (tertiary/aromatic N) is 5. The highest BCUT2D eigenvalue weighted by Gasteiger charge is 2.12. The number of hydrazone groups is 1. The second-order valence-electron chi connectivity index (χ2n) is 10.1. The van der Waals surface area contributed by atoms with Crippen LogP contribution < -0.4 is 5.43 Å². The van der Waals surface area contributed by atoms with Gasteiger partial charge in [0, 0.05) is 11.1 Å². The van der Waals surface area contributed by atoms with Gasteiger partial charge in [0.15, 0.2) is 0 Å². The van der Waals surface area contributed by atoms with Crippen molar-refractivity contribution in [3.8, 4) is 22.6 Å². The highest BCUT2D eigenvalue weighted by Crippen LogP contribution is 2.24. The number of rotatable bonds is 11. The minimum Gasteiger partial charge on any atom is -0.459 e. The van der Waals surface area contributed by atoms with Gasteiger partial charge >= 0.3 is 11.9 Å². The quantitative estimate of drug-likeness (QED) is 0.106. The normalized spacial score (nSPS) is 11.6. The maximum Gasteiger partial charge on any atom is 0.338 e. The van der Waals surface area contributed by atoms with E-state index in [1.807, 2.05) is 12.1 Å². The maximum atomic E-state index is 12.1. The van der Waals surface area contributed by atoms with Gasteiger partial charge in [-0.15, -0.1) is 10.2 Å². The zero-order chi connectivity index (χ0) is 31.1. The van der Waals surface area contributed by atoms with Crippen LogP contribution >= 0.6 is 0 Å². The number of furan rings is 2. The van der Waals surface area contributed by atoms with Crippen molar-refractivity contribution in [2.75, 3.05) is 5.43 Å². The summed E-state index contributed by atoms with van der Waals surface area (Å²) >= 11 is 0. The molecule has 0 unspecified atom stereocenters. The summed E-state index contributed by atoms with van der Waals surface area (Å²) < 4.78 is 23.6. The number of carbonyl (C=O) groups excluding carboxylic acids is 2. The Hall–Kier alpha value is -5.78. The molecule has 0 bridgehead atoms. The standard InChI is InChI=1S/C32H30N6O6/c1-20(2)41-30(39)24-9-5-22(6-10-24)28-15-13-26(43-28)17-33-36-32-37-34-19-38(32)35-18-27-14-16-29(44-27)23-7-11-25(12-8-23)31(40)42-21(3)4/h5-21H,1-4H3,(H,36,37)/b33-17-,35-18-. The van der Waals surface area contributed by atoms with Gasteiger partial charge in [-0.1, -0.05) is 24.3 Å². The summed E-state index contributed by atoms with van der Waals surface area (Å²) in [6, 6.07) is 21.1. The molecule has 44 heavy (non-hydrogen) atoms. The summed E-state index contributed by atoms with van der Waals surface area (Å²) in [5, 5.41) is 16.4. The van der Waals surface area contributed by atoms with E-state index in [1.54, 1.807) is 88.4 Å². The molecule has 0 amide bonds. The lowest BCUT2D eigenvalue weighted by molar-refractivity contribution is 0.0367. The molecule has 3 aromatic heterocycles. The lowest BCUT2D eigenvalue weighted by atomic mass is 10.1. The zero-order valence-electron chi connectivity index (χ0n) is 24.5. The Bertz CT molecular complexity index is 1780. The monoisotopic (exact) mass is 594 g/mol. The minimum absolute atomic E-state index is 0.187. The Labute approximate surface area is 253 Å². The van der Waals surface area contributed by atoms with E-state index in [9.17, 15) is 9.59 Å². The van der Waals surface area contributed by atoms with Crippen molar-refractivity contribution in [2.24, 2.45) is 10.2 Å². The molecule has 5 rings (SSSR count). The fourth-order valence-electron chi connectivity index (χ4n) is 3.92. The fraction of sp³-hybridized carbons (Fsp3) is 0.188. The van der Waals surface area contributed by atoms with Gasteiger partial charge < -0.3 is 18.3 Å². The third-order valence-electron chi connectivity index (χ3n) is 5.95. The second kappa shape index (κ2) is 13.5. The van der Waals surface area contributed by atoms with Crippen molar-refractivity contribution < 1.29 is 27.9 Å². The largest absolute Gasteiger partial charge is 0.459 e. The molecule has 0 radical (unpaired) electrons. The van der Waals surface area contributed by atoms with Gasteiger partial charge in [-0.25, -0.2) is 15.0 Å². The van der Waals surface area contributed by atoms with Crippen LogP contribution in [0.2, 0.25) is 0 Å². The molecule has 12 nitrogen and oxygen atoms in total. The van der Waals surface area contributed by atoms with Gasteiger partial charge in [0.1, 0.15) is 29.4 Å². The molecule has 5 aromatic rings. The molecule has 0 saturated carbocycles. The summed E-state index contributed by atoms with van der Waals surface area (Å²) in [5.74, 6) is 1.76. The van der Waals surface area contributed by atoms with Crippen LogP contribution in [0, 0.1) is 0 Å². The molecule has 0 aliphatic rings. The van der Waals surface area contributed by atoms with Crippen molar-refractivity contribution in [3.05, 3.63) is 102 Å². The molecule has 2 aromatic carbocycles. The number of benzene rings is 2. The number of hydrogen-bond donors (Lipinski definition) is 1. The average molecular weight is 595 g/mol. The van der Waals surface area contributed by atoms with E-state index in [-0.39, 0.29) is 30.1 Å². The van der Waals surface area contributed by atoms with Crippen molar-refractivity contribution >= 4 is 30.3 Å². The number of nitrogens with one attached hydrogen (secondary N) is 1.